The van der Waals surface area contributed by atoms with E-state index in [9.17, 15) is 9.18 Å². The van der Waals surface area contributed by atoms with Crippen LogP contribution in [0.1, 0.15) is 28.4 Å². The summed E-state index contributed by atoms with van der Waals surface area (Å²) in [5.74, 6) is 0.0822. The molecule has 0 atom stereocenters. The summed E-state index contributed by atoms with van der Waals surface area (Å²) in [6.45, 7) is 4.00. The molecule has 0 heterocycles. The van der Waals surface area contributed by atoms with Crippen LogP contribution in [0.3, 0.4) is 0 Å². The van der Waals surface area contributed by atoms with E-state index < -0.39 is 0 Å². The molecule has 3 heteroatoms. The van der Waals surface area contributed by atoms with Crippen molar-refractivity contribution in [2.45, 2.75) is 13.8 Å². The Labute approximate surface area is 111 Å². The first kappa shape index (κ1) is 13.3. The van der Waals surface area contributed by atoms with E-state index in [4.69, 9.17) is 4.74 Å². The van der Waals surface area contributed by atoms with Crippen LogP contribution < -0.4 is 4.74 Å². The Morgan fingerprint density at radius 3 is 2.63 bits per heavy atom. The minimum absolute atomic E-state index is 0.160. The highest BCUT2D eigenvalue weighted by Crippen LogP contribution is 2.22. The first-order valence-electron chi connectivity index (χ1n) is 6.16. The van der Waals surface area contributed by atoms with Gasteiger partial charge in [-0.05, 0) is 49.7 Å². The molecule has 0 amide bonds. The first-order chi connectivity index (χ1) is 9.13. The van der Waals surface area contributed by atoms with Gasteiger partial charge in [-0.3, -0.25) is 4.79 Å². The molecule has 98 valence electrons. The lowest BCUT2D eigenvalue weighted by atomic mass is 10.0. The van der Waals surface area contributed by atoms with Crippen molar-refractivity contribution < 1.29 is 13.9 Å². The van der Waals surface area contributed by atoms with Crippen LogP contribution in [0.15, 0.2) is 42.5 Å². The van der Waals surface area contributed by atoms with Crippen LogP contribution >= 0.6 is 0 Å². The molecule has 0 aliphatic heterocycles. The van der Waals surface area contributed by atoms with E-state index in [1.54, 1.807) is 31.2 Å². The highest BCUT2D eigenvalue weighted by atomic mass is 19.1. The molecule has 0 radical (unpaired) electrons. The van der Waals surface area contributed by atoms with E-state index in [1.165, 1.54) is 12.1 Å². The summed E-state index contributed by atoms with van der Waals surface area (Å²) in [5.41, 5.74) is 1.42. The zero-order valence-electron chi connectivity index (χ0n) is 10.9. The number of hydrogen-bond donors (Lipinski definition) is 0. The molecule has 0 saturated heterocycles. The number of aryl methyl sites for hydroxylation is 1. The van der Waals surface area contributed by atoms with Crippen molar-refractivity contribution in [1.82, 2.24) is 0 Å². The van der Waals surface area contributed by atoms with Gasteiger partial charge in [-0.1, -0.05) is 12.1 Å². The topological polar surface area (TPSA) is 26.3 Å². The minimum Gasteiger partial charge on any atom is -0.493 e. The molecule has 0 aromatic heterocycles. The Bertz CT molecular complexity index is 605. The molecular weight excluding hydrogens is 243 g/mol. The molecule has 0 spiro atoms. The lowest BCUT2D eigenvalue weighted by Crippen LogP contribution is -2.06. The molecular formula is C16H15FO2. The van der Waals surface area contributed by atoms with Crippen molar-refractivity contribution in [2.75, 3.05) is 6.61 Å². The van der Waals surface area contributed by atoms with Gasteiger partial charge in [0.05, 0.1) is 12.2 Å². The Morgan fingerprint density at radius 1 is 1.21 bits per heavy atom. The van der Waals surface area contributed by atoms with Gasteiger partial charge in [0.2, 0.25) is 0 Å². The third-order valence-corrected chi connectivity index (χ3v) is 2.85. The van der Waals surface area contributed by atoms with Crippen molar-refractivity contribution in [3.63, 3.8) is 0 Å². The molecule has 2 rings (SSSR count). The van der Waals surface area contributed by atoms with Gasteiger partial charge in [-0.2, -0.15) is 0 Å². The van der Waals surface area contributed by atoms with Crippen LogP contribution in [-0.4, -0.2) is 12.4 Å². The molecule has 0 aliphatic carbocycles. The van der Waals surface area contributed by atoms with Crippen molar-refractivity contribution >= 4 is 5.78 Å². The number of carbonyl (C=O) groups is 1. The van der Waals surface area contributed by atoms with Gasteiger partial charge in [0.1, 0.15) is 11.6 Å². The molecule has 0 fully saturated rings. The molecule has 19 heavy (non-hydrogen) atoms. The largest absolute Gasteiger partial charge is 0.493 e. The van der Waals surface area contributed by atoms with Crippen LogP contribution in [-0.2, 0) is 0 Å². The normalized spacial score (nSPS) is 10.3. The number of para-hydroxylation sites is 1. The summed E-state index contributed by atoms with van der Waals surface area (Å²) < 4.78 is 18.7. The number of hydrogen-bond acceptors (Lipinski definition) is 2. The second-order valence-electron chi connectivity index (χ2n) is 4.22. The average Bonchev–Trinajstić information content (AvgIpc) is 2.42. The first-order valence-corrected chi connectivity index (χ1v) is 6.16. The monoisotopic (exact) mass is 258 g/mol. The molecule has 0 N–H and O–H groups in total. The van der Waals surface area contributed by atoms with Crippen molar-refractivity contribution in [1.29, 1.82) is 0 Å². The fourth-order valence-electron chi connectivity index (χ4n) is 1.88. The standard InChI is InChI=1S/C16H15FO2/c1-3-19-15-7-5-4-6-13(15)16(18)12-8-9-14(17)11(2)10-12/h4-10H,3H2,1-2H3. The van der Waals surface area contributed by atoms with Crippen molar-refractivity contribution in [3.8, 4) is 5.75 Å². The van der Waals surface area contributed by atoms with Gasteiger partial charge < -0.3 is 4.74 Å². The number of ketones is 1. The lowest BCUT2D eigenvalue weighted by molar-refractivity contribution is 0.103. The predicted molar refractivity (Wildman–Crippen MR) is 72.2 cm³/mol. The maximum absolute atomic E-state index is 13.2. The van der Waals surface area contributed by atoms with Crippen LogP contribution in [0.25, 0.3) is 0 Å². The Kier molecular flexibility index (Phi) is 3.95. The van der Waals surface area contributed by atoms with E-state index >= 15 is 0 Å². The zero-order valence-corrected chi connectivity index (χ0v) is 10.9. The summed E-state index contributed by atoms with van der Waals surface area (Å²) in [7, 11) is 0. The lowest BCUT2D eigenvalue weighted by Gasteiger charge is -2.09. The quantitative estimate of drug-likeness (QED) is 0.780. The van der Waals surface area contributed by atoms with E-state index in [1.807, 2.05) is 13.0 Å². The number of benzene rings is 2. The van der Waals surface area contributed by atoms with E-state index in [0.717, 1.165) is 0 Å². The minimum atomic E-state index is -0.311. The third-order valence-electron chi connectivity index (χ3n) is 2.85. The Hall–Kier alpha value is -2.16. The predicted octanol–water partition coefficient (Wildman–Crippen LogP) is 3.76. The van der Waals surface area contributed by atoms with E-state index in [0.29, 0.717) is 29.0 Å². The van der Waals surface area contributed by atoms with Crippen LogP contribution in [0.5, 0.6) is 5.75 Å². The van der Waals surface area contributed by atoms with Crippen LogP contribution in [0.2, 0.25) is 0 Å². The summed E-state index contributed by atoms with van der Waals surface area (Å²) in [4.78, 5) is 12.4. The van der Waals surface area contributed by atoms with E-state index in [-0.39, 0.29) is 11.6 Å². The van der Waals surface area contributed by atoms with Gasteiger partial charge >= 0.3 is 0 Å². The van der Waals surface area contributed by atoms with Gasteiger partial charge in [0, 0.05) is 5.56 Å². The Morgan fingerprint density at radius 2 is 1.95 bits per heavy atom. The molecule has 0 unspecified atom stereocenters. The summed E-state index contributed by atoms with van der Waals surface area (Å²) >= 11 is 0. The van der Waals surface area contributed by atoms with Crippen molar-refractivity contribution in [2.24, 2.45) is 0 Å². The van der Waals surface area contributed by atoms with E-state index in [2.05, 4.69) is 0 Å². The summed E-state index contributed by atoms with van der Waals surface area (Å²) in [6, 6.07) is 11.4. The molecule has 2 nitrogen and oxygen atoms in total. The maximum atomic E-state index is 13.2. The van der Waals surface area contributed by atoms with Gasteiger partial charge in [0.25, 0.3) is 0 Å². The fourth-order valence-corrected chi connectivity index (χ4v) is 1.88. The average molecular weight is 258 g/mol. The second kappa shape index (κ2) is 5.65. The number of halogens is 1. The molecule has 0 saturated carbocycles. The number of carbonyl (C=O) groups excluding carboxylic acids is 1. The maximum Gasteiger partial charge on any atom is 0.196 e. The number of ether oxygens (including phenoxy) is 1. The van der Waals surface area contributed by atoms with Gasteiger partial charge in [0.15, 0.2) is 5.78 Å². The Balaban J connectivity index is 2.41. The second-order valence-corrected chi connectivity index (χ2v) is 4.22. The van der Waals surface area contributed by atoms with Crippen molar-refractivity contribution in [3.05, 3.63) is 65.0 Å². The number of rotatable bonds is 4. The summed E-state index contributed by atoms with van der Waals surface area (Å²) in [6.07, 6.45) is 0. The summed E-state index contributed by atoms with van der Waals surface area (Å²) in [5, 5.41) is 0. The highest BCUT2D eigenvalue weighted by molar-refractivity contribution is 6.10. The fraction of sp³-hybridized carbons (Fsp3) is 0.188. The highest BCUT2D eigenvalue weighted by Gasteiger charge is 2.14. The molecule has 0 bridgehead atoms. The molecule has 2 aromatic carbocycles. The molecule has 2 aromatic rings. The van der Waals surface area contributed by atoms with Gasteiger partial charge in [-0.25, -0.2) is 4.39 Å². The molecule has 0 aliphatic rings. The smallest absolute Gasteiger partial charge is 0.196 e. The SMILES string of the molecule is CCOc1ccccc1C(=O)c1ccc(F)c(C)c1. The zero-order chi connectivity index (χ0) is 13.8. The third kappa shape index (κ3) is 2.81. The van der Waals surface area contributed by atoms with Crippen LogP contribution in [0, 0.1) is 12.7 Å². The van der Waals surface area contributed by atoms with Gasteiger partial charge in [-0.15, -0.1) is 0 Å². The van der Waals surface area contributed by atoms with Crippen LogP contribution in [0.4, 0.5) is 4.39 Å².